The predicted octanol–water partition coefficient (Wildman–Crippen LogP) is 2.88. The van der Waals surface area contributed by atoms with Crippen molar-refractivity contribution in [2.75, 3.05) is 26.2 Å². The van der Waals surface area contributed by atoms with Crippen molar-refractivity contribution in [2.24, 2.45) is 17.1 Å². The Bertz CT molecular complexity index is 852. The minimum atomic E-state index is -1.53. The Hall–Kier alpha value is -2.63. The monoisotopic (exact) mass is 395 g/mol. The average molecular weight is 396 g/mol. The summed E-state index contributed by atoms with van der Waals surface area (Å²) in [5.41, 5.74) is 6.98. The Morgan fingerprint density at radius 3 is 2.50 bits per heavy atom. The van der Waals surface area contributed by atoms with Gasteiger partial charge in [0, 0.05) is 31.5 Å². The predicted molar refractivity (Wildman–Crippen MR) is 109 cm³/mol. The standard InChI is InChI=1S/C19H19N5S.C2H6O/c1-2-5-24-6-3-16-15(9-24)17(13-4-7-25-10-13)14(8-20)18(23)19(16,11-21)12-22;1-2-3/h3-4,7,10,15,17H,2,5-6,9,23H2,1H3;3H,2H2,1H3. The zero-order valence-corrected chi connectivity index (χ0v) is 17.0. The van der Waals surface area contributed by atoms with Crippen LogP contribution in [0.15, 0.2) is 39.7 Å². The minimum absolute atomic E-state index is 0.0869. The van der Waals surface area contributed by atoms with E-state index < -0.39 is 5.41 Å². The third kappa shape index (κ3) is 3.68. The Labute approximate surface area is 170 Å². The first-order chi connectivity index (χ1) is 13.5. The molecule has 0 saturated heterocycles. The summed E-state index contributed by atoms with van der Waals surface area (Å²) in [4.78, 5) is 2.31. The van der Waals surface area contributed by atoms with Crippen LogP contribution in [0.3, 0.4) is 0 Å². The lowest BCUT2D eigenvalue weighted by molar-refractivity contribution is 0.225. The van der Waals surface area contributed by atoms with Crippen LogP contribution >= 0.6 is 11.3 Å². The molecule has 0 radical (unpaired) electrons. The maximum atomic E-state index is 9.80. The van der Waals surface area contributed by atoms with Crippen molar-refractivity contribution in [1.29, 1.82) is 15.8 Å². The zero-order valence-electron chi connectivity index (χ0n) is 16.2. The maximum Gasteiger partial charge on any atom is 0.204 e. The quantitative estimate of drug-likeness (QED) is 0.759. The van der Waals surface area contributed by atoms with Crippen molar-refractivity contribution in [3.05, 3.63) is 45.3 Å². The van der Waals surface area contributed by atoms with Gasteiger partial charge in [0.2, 0.25) is 5.41 Å². The first-order valence-electron chi connectivity index (χ1n) is 9.33. The molecule has 2 unspecified atom stereocenters. The van der Waals surface area contributed by atoms with Crippen LogP contribution < -0.4 is 5.73 Å². The van der Waals surface area contributed by atoms with Crippen molar-refractivity contribution < 1.29 is 5.11 Å². The molecular weight excluding hydrogens is 370 g/mol. The first kappa shape index (κ1) is 21.7. The SMILES string of the molecule is CCCN1CC=C2C(C1)C(c1ccsc1)C(C#N)=C(N)C2(C#N)C#N.CCO. The second-order valence-corrected chi connectivity index (χ2v) is 7.57. The van der Waals surface area contributed by atoms with Crippen molar-refractivity contribution in [1.82, 2.24) is 4.90 Å². The molecule has 2 atom stereocenters. The van der Waals surface area contributed by atoms with E-state index in [1.165, 1.54) is 0 Å². The van der Waals surface area contributed by atoms with Gasteiger partial charge in [0.05, 0.1) is 29.5 Å². The number of hydrogen-bond donors (Lipinski definition) is 2. The molecule has 3 N–H and O–H groups in total. The molecular formula is C21H25N5OS. The van der Waals surface area contributed by atoms with Crippen molar-refractivity contribution in [3.8, 4) is 18.2 Å². The van der Waals surface area contributed by atoms with Gasteiger partial charge in [-0.15, -0.1) is 0 Å². The van der Waals surface area contributed by atoms with Gasteiger partial charge in [-0.25, -0.2) is 0 Å². The van der Waals surface area contributed by atoms with Gasteiger partial charge < -0.3 is 10.8 Å². The number of aliphatic hydroxyl groups excluding tert-OH is 1. The Morgan fingerprint density at radius 2 is 2.00 bits per heavy atom. The van der Waals surface area contributed by atoms with Crippen LogP contribution in [0.5, 0.6) is 0 Å². The van der Waals surface area contributed by atoms with Crippen LogP contribution in [0.2, 0.25) is 0 Å². The molecule has 28 heavy (non-hydrogen) atoms. The molecule has 0 bridgehead atoms. The number of hydrogen-bond acceptors (Lipinski definition) is 7. The minimum Gasteiger partial charge on any atom is -0.399 e. The van der Waals surface area contributed by atoms with Crippen LogP contribution in [0, 0.1) is 45.3 Å². The van der Waals surface area contributed by atoms with E-state index in [0.29, 0.717) is 12.1 Å². The van der Waals surface area contributed by atoms with Gasteiger partial charge in [-0.05, 0) is 47.9 Å². The molecule has 0 fully saturated rings. The number of nitrogens with two attached hydrogens (primary N) is 1. The first-order valence-corrected chi connectivity index (χ1v) is 10.3. The molecule has 1 aromatic rings. The topological polar surface area (TPSA) is 121 Å². The van der Waals surface area contributed by atoms with Crippen molar-refractivity contribution >= 4 is 11.3 Å². The van der Waals surface area contributed by atoms with E-state index in [4.69, 9.17) is 10.8 Å². The normalized spacial score (nSPS) is 23.2. The third-order valence-electron chi connectivity index (χ3n) is 5.16. The largest absolute Gasteiger partial charge is 0.399 e. The van der Waals surface area contributed by atoms with Gasteiger partial charge in [-0.3, -0.25) is 4.90 Å². The Kier molecular flexibility index (Phi) is 7.38. The number of thiophene rings is 1. The van der Waals surface area contributed by atoms with Gasteiger partial charge in [-0.2, -0.15) is 27.1 Å². The fourth-order valence-electron chi connectivity index (χ4n) is 4.03. The van der Waals surface area contributed by atoms with Gasteiger partial charge >= 0.3 is 0 Å². The summed E-state index contributed by atoms with van der Waals surface area (Å²) in [6.45, 7) is 6.44. The van der Waals surface area contributed by atoms with Gasteiger partial charge in [0.25, 0.3) is 0 Å². The molecule has 2 aliphatic rings. The summed E-state index contributed by atoms with van der Waals surface area (Å²) in [6, 6.07) is 8.44. The lowest BCUT2D eigenvalue weighted by Gasteiger charge is -2.44. The zero-order chi connectivity index (χ0) is 20.7. The average Bonchev–Trinajstić information content (AvgIpc) is 3.23. The molecule has 0 aromatic carbocycles. The highest BCUT2D eigenvalue weighted by molar-refractivity contribution is 7.08. The van der Waals surface area contributed by atoms with Gasteiger partial charge in [0.1, 0.15) is 0 Å². The number of aliphatic hydroxyl groups is 1. The molecule has 3 rings (SSSR count). The summed E-state index contributed by atoms with van der Waals surface area (Å²) in [7, 11) is 0. The summed E-state index contributed by atoms with van der Waals surface area (Å²) < 4.78 is 0. The lowest BCUT2D eigenvalue weighted by atomic mass is 9.60. The van der Waals surface area contributed by atoms with Crippen LogP contribution in [-0.2, 0) is 0 Å². The molecule has 0 spiro atoms. The number of nitrogens with zero attached hydrogens (tertiary/aromatic N) is 4. The van der Waals surface area contributed by atoms with Crippen LogP contribution in [-0.4, -0.2) is 36.2 Å². The van der Waals surface area contributed by atoms with Crippen LogP contribution in [0.4, 0.5) is 0 Å². The summed E-state index contributed by atoms with van der Waals surface area (Å²) in [5.74, 6) is -0.284. The van der Waals surface area contributed by atoms with Crippen LogP contribution in [0.1, 0.15) is 31.7 Å². The molecule has 0 amide bonds. The second kappa shape index (κ2) is 9.53. The molecule has 146 valence electrons. The summed E-state index contributed by atoms with van der Waals surface area (Å²) >= 11 is 1.57. The van der Waals surface area contributed by atoms with E-state index in [-0.39, 0.29) is 24.1 Å². The highest BCUT2D eigenvalue weighted by atomic mass is 32.1. The van der Waals surface area contributed by atoms with E-state index in [2.05, 4.69) is 30.0 Å². The van der Waals surface area contributed by atoms with Crippen LogP contribution in [0.25, 0.3) is 0 Å². The fraction of sp³-hybridized carbons (Fsp3) is 0.476. The lowest BCUT2D eigenvalue weighted by Crippen LogP contribution is -2.47. The fourth-order valence-corrected chi connectivity index (χ4v) is 4.72. The second-order valence-electron chi connectivity index (χ2n) is 6.79. The molecule has 2 heterocycles. The van der Waals surface area contributed by atoms with E-state index >= 15 is 0 Å². The Balaban J connectivity index is 0.000000878. The molecule has 0 saturated carbocycles. The number of allylic oxidation sites excluding steroid dienone is 2. The summed E-state index contributed by atoms with van der Waals surface area (Å²) in [5, 5.41) is 41.0. The van der Waals surface area contributed by atoms with E-state index in [1.807, 2.05) is 22.9 Å². The van der Waals surface area contributed by atoms with Crippen molar-refractivity contribution in [3.63, 3.8) is 0 Å². The molecule has 1 aliphatic carbocycles. The van der Waals surface area contributed by atoms with E-state index in [9.17, 15) is 15.8 Å². The number of nitriles is 3. The highest BCUT2D eigenvalue weighted by Gasteiger charge is 2.52. The number of rotatable bonds is 3. The van der Waals surface area contributed by atoms with E-state index in [0.717, 1.165) is 30.6 Å². The smallest absolute Gasteiger partial charge is 0.204 e. The van der Waals surface area contributed by atoms with Gasteiger partial charge in [0.15, 0.2) is 0 Å². The molecule has 1 aromatic heterocycles. The third-order valence-corrected chi connectivity index (χ3v) is 5.86. The molecule has 1 aliphatic heterocycles. The molecule has 7 heteroatoms. The van der Waals surface area contributed by atoms with Crippen molar-refractivity contribution in [2.45, 2.75) is 26.2 Å². The number of fused-ring (bicyclic) bond motifs is 1. The Morgan fingerprint density at radius 1 is 1.32 bits per heavy atom. The van der Waals surface area contributed by atoms with E-state index in [1.54, 1.807) is 18.3 Å². The summed E-state index contributed by atoms with van der Waals surface area (Å²) in [6.07, 6.45) is 3.01. The van der Waals surface area contributed by atoms with Gasteiger partial charge in [-0.1, -0.05) is 13.0 Å². The highest BCUT2D eigenvalue weighted by Crippen LogP contribution is 2.52. The maximum absolute atomic E-state index is 9.80. The molecule has 6 nitrogen and oxygen atoms in total.